The summed E-state index contributed by atoms with van der Waals surface area (Å²) in [5.41, 5.74) is 2.00. The molecule has 2 aromatic carbocycles. The van der Waals surface area contributed by atoms with Crippen molar-refractivity contribution in [2.75, 3.05) is 32.6 Å². The molecular weight excluding hydrogens is 332 g/mol. The van der Waals surface area contributed by atoms with Gasteiger partial charge in [-0.05, 0) is 43.7 Å². The standard InChI is InChI=1S/C20H24N2O4/c1-5-22(20(24)15-11-10-14(2)18(12-15)26-4)13-19(23)21-16-8-6-7-9-17(16)25-3/h6-12H,5,13H2,1-4H3,(H,21,23). The molecule has 0 aromatic heterocycles. The van der Waals surface area contributed by atoms with Gasteiger partial charge in [0, 0.05) is 12.1 Å². The van der Waals surface area contributed by atoms with Crippen molar-refractivity contribution in [2.24, 2.45) is 0 Å². The van der Waals surface area contributed by atoms with Gasteiger partial charge in [0.2, 0.25) is 5.91 Å². The van der Waals surface area contributed by atoms with E-state index in [1.807, 2.05) is 26.0 Å². The molecule has 0 aliphatic rings. The number of rotatable bonds is 7. The number of hydrogen-bond acceptors (Lipinski definition) is 4. The van der Waals surface area contributed by atoms with E-state index in [2.05, 4.69) is 5.32 Å². The Kier molecular flexibility index (Phi) is 6.60. The second-order valence-electron chi connectivity index (χ2n) is 5.75. The number of benzene rings is 2. The summed E-state index contributed by atoms with van der Waals surface area (Å²) in [4.78, 5) is 26.6. The van der Waals surface area contributed by atoms with Crippen molar-refractivity contribution in [2.45, 2.75) is 13.8 Å². The summed E-state index contributed by atoms with van der Waals surface area (Å²) in [5.74, 6) is 0.702. The Morgan fingerprint density at radius 3 is 2.38 bits per heavy atom. The Labute approximate surface area is 153 Å². The second-order valence-corrected chi connectivity index (χ2v) is 5.75. The SMILES string of the molecule is CCN(CC(=O)Nc1ccccc1OC)C(=O)c1ccc(C)c(OC)c1. The van der Waals surface area contributed by atoms with Crippen LogP contribution in [0.5, 0.6) is 11.5 Å². The van der Waals surface area contributed by atoms with Crippen LogP contribution < -0.4 is 14.8 Å². The molecule has 2 rings (SSSR count). The van der Waals surface area contributed by atoms with Gasteiger partial charge in [0.15, 0.2) is 0 Å². The summed E-state index contributed by atoms with van der Waals surface area (Å²) >= 11 is 0. The highest BCUT2D eigenvalue weighted by molar-refractivity contribution is 6.00. The number of nitrogens with one attached hydrogen (secondary N) is 1. The largest absolute Gasteiger partial charge is 0.496 e. The van der Waals surface area contributed by atoms with Gasteiger partial charge >= 0.3 is 0 Å². The summed E-state index contributed by atoms with van der Waals surface area (Å²) in [6, 6.07) is 12.4. The quantitative estimate of drug-likeness (QED) is 0.828. The highest BCUT2D eigenvalue weighted by Crippen LogP contribution is 2.23. The third-order valence-electron chi connectivity index (χ3n) is 4.04. The molecule has 0 fully saturated rings. The summed E-state index contributed by atoms with van der Waals surface area (Å²) in [7, 11) is 3.10. The fourth-order valence-electron chi connectivity index (χ4n) is 2.57. The number of carbonyl (C=O) groups excluding carboxylic acids is 2. The fraction of sp³-hybridized carbons (Fsp3) is 0.300. The van der Waals surface area contributed by atoms with Crippen molar-refractivity contribution in [3.8, 4) is 11.5 Å². The number of likely N-dealkylation sites (N-methyl/N-ethyl adjacent to an activating group) is 1. The molecule has 0 aliphatic carbocycles. The van der Waals surface area contributed by atoms with Gasteiger partial charge in [-0.25, -0.2) is 0 Å². The number of nitrogens with zero attached hydrogens (tertiary/aromatic N) is 1. The first-order chi connectivity index (χ1) is 12.5. The van der Waals surface area contributed by atoms with Crippen LogP contribution >= 0.6 is 0 Å². The maximum atomic E-state index is 12.7. The Bertz CT molecular complexity index is 789. The second kappa shape index (κ2) is 8.89. The molecule has 0 bridgehead atoms. The molecule has 2 aromatic rings. The van der Waals surface area contributed by atoms with Crippen LogP contribution in [0.3, 0.4) is 0 Å². The molecule has 138 valence electrons. The highest BCUT2D eigenvalue weighted by Gasteiger charge is 2.19. The zero-order valence-electron chi connectivity index (χ0n) is 15.5. The summed E-state index contributed by atoms with van der Waals surface area (Å²) in [6.07, 6.45) is 0. The van der Waals surface area contributed by atoms with Crippen LogP contribution in [0, 0.1) is 6.92 Å². The average Bonchev–Trinajstić information content (AvgIpc) is 2.66. The first-order valence-corrected chi connectivity index (χ1v) is 8.37. The lowest BCUT2D eigenvalue weighted by Gasteiger charge is -2.21. The summed E-state index contributed by atoms with van der Waals surface area (Å²) in [6.45, 7) is 4.10. The monoisotopic (exact) mass is 356 g/mol. The minimum absolute atomic E-state index is 0.0520. The van der Waals surface area contributed by atoms with Gasteiger partial charge < -0.3 is 19.7 Å². The lowest BCUT2D eigenvalue weighted by atomic mass is 10.1. The summed E-state index contributed by atoms with van der Waals surface area (Å²) < 4.78 is 10.5. The van der Waals surface area contributed by atoms with E-state index in [0.717, 1.165) is 5.56 Å². The Morgan fingerprint density at radius 2 is 1.73 bits per heavy atom. The maximum absolute atomic E-state index is 12.7. The van der Waals surface area contributed by atoms with Crippen LogP contribution in [0.1, 0.15) is 22.8 Å². The Morgan fingerprint density at radius 1 is 1.04 bits per heavy atom. The van der Waals surface area contributed by atoms with E-state index < -0.39 is 0 Å². The molecule has 1 N–H and O–H groups in total. The van der Waals surface area contributed by atoms with Gasteiger partial charge in [-0.2, -0.15) is 0 Å². The van der Waals surface area contributed by atoms with Gasteiger partial charge in [0.1, 0.15) is 18.0 Å². The smallest absolute Gasteiger partial charge is 0.254 e. The van der Waals surface area contributed by atoms with Crippen molar-refractivity contribution < 1.29 is 19.1 Å². The Balaban J connectivity index is 2.10. The zero-order valence-corrected chi connectivity index (χ0v) is 15.5. The van der Waals surface area contributed by atoms with Gasteiger partial charge in [0.05, 0.1) is 19.9 Å². The number of ether oxygens (including phenoxy) is 2. The minimum Gasteiger partial charge on any atom is -0.496 e. The molecule has 0 saturated carbocycles. The van der Waals surface area contributed by atoms with Gasteiger partial charge in [0.25, 0.3) is 5.91 Å². The first-order valence-electron chi connectivity index (χ1n) is 8.37. The van der Waals surface area contributed by atoms with Crippen molar-refractivity contribution in [1.82, 2.24) is 4.90 Å². The number of hydrogen-bond donors (Lipinski definition) is 1. The molecule has 0 heterocycles. The first kappa shape index (κ1) is 19.3. The predicted octanol–water partition coefficient (Wildman–Crippen LogP) is 3.11. The van der Waals surface area contributed by atoms with Crippen LogP contribution in [-0.2, 0) is 4.79 Å². The van der Waals surface area contributed by atoms with E-state index in [0.29, 0.717) is 29.3 Å². The number of carbonyl (C=O) groups is 2. The van der Waals surface area contributed by atoms with Crippen LogP contribution in [0.4, 0.5) is 5.69 Å². The lowest BCUT2D eigenvalue weighted by Crippen LogP contribution is -2.37. The number of amides is 2. The van der Waals surface area contributed by atoms with Crippen LogP contribution in [0.15, 0.2) is 42.5 Å². The molecule has 0 radical (unpaired) electrons. The molecule has 26 heavy (non-hydrogen) atoms. The van der Waals surface area contributed by atoms with Crippen molar-refractivity contribution in [1.29, 1.82) is 0 Å². The molecule has 6 nitrogen and oxygen atoms in total. The van der Waals surface area contributed by atoms with Crippen LogP contribution in [-0.4, -0.2) is 44.0 Å². The van der Waals surface area contributed by atoms with Gasteiger partial charge in [-0.3, -0.25) is 9.59 Å². The maximum Gasteiger partial charge on any atom is 0.254 e. The third-order valence-corrected chi connectivity index (χ3v) is 4.04. The molecule has 0 aliphatic heterocycles. The Hall–Kier alpha value is -3.02. The zero-order chi connectivity index (χ0) is 19.1. The molecule has 0 spiro atoms. The fourth-order valence-corrected chi connectivity index (χ4v) is 2.57. The van der Waals surface area contributed by atoms with E-state index >= 15 is 0 Å². The molecule has 0 saturated heterocycles. The molecular formula is C20H24N2O4. The van der Waals surface area contributed by atoms with Crippen LogP contribution in [0.25, 0.3) is 0 Å². The van der Waals surface area contributed by atoms with E-state index in [1.54, 1.807) is 37.4 Å². The van der Waals surface area contributed by atoms with Gasteiger partial charge in [-0.1, -0.05) is 18.2 Å². The summed E-state index contributed by atoms with van der Waals surface area (Å²) in [5, 5.41) is 2.78. The molecule has 0 unspecified atom stereocenters. The topological polar surface area (TPSA) is 67.9 Å². The number of methoxy groups -OCH3 is 2. The van der Waals surface area contributed by atoms with Crippen molar-refractivity contribution in [3.63, 3.8) is 0 Å². The van der Waals surface area contributed by atoms with E-state index in [-0.39, 0.29) is 18.4 Å². The van der Waals surface area contributed by atoms with E-state index in [1.165, 1.54) is 12.0 Å². The average molecular weight is 356 g/mol. The molecule has 0 atom stereocenters. The normalized spacial score (nSPS) is 10.2. The van der Waals surface area contributed by atoms with Crippen molar-refractivity contribution >= 4 is 17.5 Å². The van der Waals surface area contributed by atoms with E-state index in [4.69, 9.17) is 9.47 Å². The third kappa shape index (κ3) is 4.53. The highest BCUT2D eigenvalue weighted by atomic mass is 16.5. The number of anilines is 1. The predicted molar refractivity (Wildman–Crippen MR) is 101 cm³/mol. The minimum atomic E-state index is -0.288. The molecule has 6 heteroatoms. The lowest BCUT2D eigenvalue weighted by molar-refractivity contribution is -0.116. The van der Waals surface area contributed by atoms with Crippen LogP contribution in [0.2, 0.25) is 0 Å². The van der Waals surface area contributed by atoms with Crippen molar-refractivity contribution in [3.05, 3.63) is 53.6 Å². The number of aryl methyl sites for hydroxylation is 1. The number of para-hydroxylation sites is 2. The molecule has 2 amide bonds. The van der Waals surface area contributed by atoms with Gasteiger partial charge in [-0.15, -0.1) is 0 Å². The van der Waals surface area contributed by atoms with E-state index in [9.17, 15) is 9.59 Å².